The van der Waals surface area contributed by atoms with E-state index in [2.05, 4.69) is 29.1 Å². The summed E-state index contributed by atoms with van der Waals surface area (Å²) in [5.74, 6) is 1.96. The average molecular weight is 273 g/mol. The summed E-state index contributed by atoms with van der Waals surface area (Å²) in [4.78, 5) is 7.34. The molecule has 2 rings (SSSR count). The fraction of sp³-hybridized carbons (Fsp3) is 0.438. The minimum atomic E-state index is -0.0427. The molecule has 108 valence electrons. The minimum absolute atomic E-state index is 0.0427. The van der Waals surface area contributed by atoms with E-state index in [1.807, 2.05) is 36.5 Å². The number of nitrogens with zero attached hydrogens (tertiary/aromatic N) is 1. The number of nitrogens with one attached hydrogen (secondary N) is 2. The molecule has 0 amide bonds. The van der Waals surface area contributed by atoms with Crippen molar-refractivity contribution in [3.05, 3.63) is 48.5 Å². The van der Waals surface area contributed by atoms with Crippen LogP contribution in [-0.2, 0) is 6.42 Å². The molecule has 0 saturated carbocycles. The molecule has 0 unspecified atom stereocenters. The van der Waals surface area contributed by atoms with Crippen LogP contribution in [0.25, 0.3) is 0 Å². The molecule has 20 heavy (non-hydrogen) atoms. The van der Waals surface area contributed by atoms with Gasteiger partial charge >= 0.3 is 0 Å². The Hall–Kier alpha value is -1.81. The number of rotatable bonds is 8. The van der Waals surface area contributed by atoms with Crippen molar-refractivity contribution in [3.8, 4) is 5.75 Å². The third-order valence-corrected chi connectivity index (χ3v) is 3.09. The number of para-hydroxylation sites is 1. The largest absolute Gasteiger partial charge is 0.492 e. The number of benzene rings is 1. The van der Waals surface area contributed by atoms with Gasteiger partial charge < -0.3 is 15.0 Å². The van der Waals surface area contributed by atoms with Gasteiger partial charge in [0.1, 0.15) is 18.2 Å². The number of H-pyrrole nitrogens is 1. The zero-order valence-electron chi connectivity index (χ0n) is 12.2. The molecule has 0 radical (unpaired) electrons. The Bertz CT molecular complexity index is 480. The van der Waals surface area contributed by atoms with Gasteiger partial charge in [-0.1, -0.05) is 18.2 Å². The van der Waals surface area contributed by atoms with Crippen molar-refractivity contribution < 1.29 is 4.74 Å². The zero-order valence-corrected chi connectivity index (χ0v) is 12.2. The van der Waals surface area contributed by atoms with Crippen molar-refractivity contribution in [2.75, 3.05) is 13.2 Å². The fourth-order valence-corrected chi connectivity index (χ4v) is 1.95. The summed E-state index contributed by atoms with van der Waals surface area (Å²) in [6.07, 6.45) is 5.68. The van der Waals surface area contributed by atoms with Gasteiger partial charge in [0.05, 0.1) is 0 Å². The Labute approximate surface area is 120 Å². The van der Waals surface area contributed by atoms with E-state index in [1.165, 1.54) is 0 Å². The van der Waals surface area contributed by atoms with Gasteiger partial charge in [0.15, 0.2) is 0 Å². The lowest BCUT2D eigenvalue weighted by molar-refractivity contribution is 0.208. The van der Waals surface area contributed by atoms with Gasteiger partial charge in [-0.3, -0.25) is 0 Å². The average Bonchev–Trinajstić information content (AvgIpc) is 2.96. The van der Waals surface area contributed by atoms with Gasteiger partial charge in [-0.2, -0.15) is 0 Å². The molecule has 1 heterocycles. The van der Waals surface area contributed by atoms with Crippen LogP contribution in [0.15, 0.2) is 42.7 Å². The summed E-state index contributed by atoms with van der Waals surface area (Å²) in [5.41, 5.74) is -0.0427. The standard InChI is InChI=1S/C16H23N3O/c1-16(2,13-20-14-7-4-3-5-8-14)19-10-6-9-15-17-11-12-18-15/h3-5,7-8,11-12,19H,6,9-10,13H2,1-2H3,(H,17,18). The van der Waals surface area contributed by atoms with E-state index in [1.54, 1.807) is 6.20 Å². The van der Waals surface area contributed by atoms with Gasteiger partial charge in [-0.05, 0) is 38.9 Å². The van der Waals surface area contributed by atoms with Crippen LogP contribution in [0.5, 0.6) is 5.75 Å². The van der Waals surface area contributed by atoms with Gasteiger partial charge in [0.25, 0.3) is 0 Å². The van der Waals surface area contributed by atoms with Crippen LogP contribution in [0.3, 0.4) is 0 Å². The molecule has 0 aliphatic carbocycles. The van der Waals surface area contributed by atoms with Crippen LogP contribution >= 0.6 is 0 Å². The Balaban J connectivity index is 1.65. The first kappa shape index (κ1) is 14.6. The van der Waals surface area contributed by atoms with Gasteiger partial charge in [-0.25, -0.2) is 4.98 Å². The van der Waals surface area contributed by atoms with Gasteiger partial charge in [0, 0.05) is 24.4 Å². The molecule has 0 aliphatic heterocycles. The van der Waals surface area contributed by atoms with Crippen molar-refractivity contribution in [1.82, 2.24) is 15.3 Å². The number of aromatic amines is 1. The van der Waals surface area contributed by atoms with Crippen molar-refractivity contribution in [2.45, 2.75) is 32.2 Å². The highest BCUT2D eigenvalue weighted by atomic mass is 16.5. The quantitative estimate of drug-likeness (QED) is 0.727. The molecule has 1 aromatic heterocycles. The zero-order chi connectivity index (χ0) is 14.3. The molecular formula is C16H23N3O. The third kappa shape index (κ3) is 5.05. The molecule has 4 heteroatoms. The highest BCUT2D eigenvalue weighted by Gasteiger charge is 2.17. The minimum Gasteiger partial charge on any atom is -0.492 e. The second-order valence-corrected chi connectivity index (χ2v) is 5.55. The van der Waals surface area contributed by atoms with Crippen molar-refractivity contribution in [1.29, 1.82) is 0 Å². The van der Waals surface area contributed by atoms with E-state index < -0.39 is 0 Å². The Morgan fingerprint density at radius 2 is 2.05 bits per heavy atom. The lowest BCUT2D eigenvalue weighted by Gasteiger charge is -2.26. The molecule has 4 nitrogen and oxygen atoms in total. The normalized spacial score (nSPS) is 11.5. The first-order chi connectivity index (χ1) is 9.66. The van der Waals surface area contributed by atoms with Crippen LogP contribution in [0.4, 0.5) is 0 Å². The molecule has 2 N–H and O–H groups in total. The number of aromatic nitrogens is 2. The number of hydrogen-bond donors (Lipinski definition) is 2. The summed E-state index contributed by atoms with van der Waals surface area (Å²) in [6, 6.07) is 9.92. The predicted molar refractivity (Wildman–Crippen MR) is 80.9 cm³/mol. The van der Waals surface area contributed by atoms with E-state index in [4.69, 9.17) is 4.74 Å². The van der Waals surface area contributed by atoms with Crippen LogP contribution in [0.2, 0.25) is 0 Å². The summed E-state index contributed by atoms with van der Waals surface area (Å²) < 4.78 is 5.79. The molecule has 0 spiro atoms. The first-order valence-corrected chi connectivity index (χ1v) is 7.07. The van der Waals surface area contributed by atoms with Crippen LogP contribution in [0.1, 0.15) is 26.1 Å². The number of ether oxygens (including phenoxy) is 1. The number of imidazole rings is 1. The van der Waals surface area contributed by atoms with Crippen LogP contribution in [0, 0.1) is 0 Å². The molecule has 0 fully saturated rings. The fourth-order valence-electron chi connectivity index (χ4n) is 1.95. The number of aryl methyl sites for hydroxylation is 1. The summed E-state index contributed by atoms with van der Waals surface area (Å²) >= 11 is 0. The number of hydrogen-bond acceptors (Lipinski definition) is 3. The van der Waals surface area contributed by atoms with Crippen LogP contribution in [-0.4, -0.2) is 28.7 Å². The second kappa shape index (κ2) is 7.10. The monoisotopic (exact) mass is 273 g/mol. The van der Waals surface area contributed by atoms with E-state index in [0.717, 1.165) is 31.0 Å². The Morgan fingerprint density at radius 3 is 2.75 bits per heavy atom. The molecule has 0 bridgehead atoms. The second-order valence-electron chi connectivity index (χ2n) is 5.55. The van der Waals surface area contributed by atoms with E-state index in [0.29, 0.717) is 6.61 Å². The maximum atomic E-state index is 5.79. The van der Waals surface area contributed by atoms with E-state index in [-0.39, 0.29) is 5.54 Å². The maximum absolute atomic E-state index is 5.79. The topological polar surface area (TPSA) is 49.9 Å². The molecule has 0 saturated heterocycles. The molecule has 0 aliphatic rings. The van der Waals surface area contributed by atoms with Crippen molar-refractivity contribution in [3.63, 3.8) is 0 Å². The highest BCUT2D eigenvalue weighted by Crippen LogP contribution is 2.11. The molecule has 0 atom stereocenters. The summed E-state index contributed by atoms with van der Waals surface area (Å²) in [7, 11) is 0. The van der Waals surface area contributed by atoms with Gasteiger partial charge in [0.2, 0.25) is 0 Å². The summed E-state index contributed by atoms with van der Waals surface area (Å²) in [6.45, 7) is 5.91. The summed E-state index contributed by atoms with van der Waals surface area (Å²) in [5, 5.41) is 3.53. The molecule has 1 aromatic carbocycles. The smallest absolute Gasteiger partial charge is 0.119 e. The lowest BCUT2D eigenvalue weighted by atomic mass is 10.1. The maximum Gasteiger partial charge on any atom is 0.119 e. The van der Waals surface area contributed by atoms with Crippen molar-refractivity contribution in [2.24, 2.45) is 0 Å². The predicted octanol–water partition coefficient (Wildman–Crippen LogP) is 2.79. The highest BCUT2D eigenvalue weighted by molar-refractivity contribution is 5.21. The Kier molecular flexibility index (Phi) is 5.18. The first-order valence-electron chi connectivity index (χ1n) is 7.07. The van der Waals surface area contributed by atoms with Crippen molar-refractivity contribution >= 4 is 0 Å². The van der Waals surface area contributed by atoms with Gasteiger partial charge in [-0.15, -0.1) is 0 Å². The van der Waals surface area contributed by atoms with E-state index >= 15 is 0 Å². The van der Waals surface area contributed by atoms with Crippen LogP contribution < -0.4 is 10.1 Å². The lowest BCUT2D eigenvalue weighted by Crippen LogP contribution is -2.45. The molecule has 2 aromatic rings. The van der Waals surface area contributed by atoms with E-state index in [9.17, 15) is 0 Å². The SMILES string of the molecule is CC(C)(COc1ccccc1)NCCCc1ncc[nH]1. The third-order valence-electron chi connectivity index (χ3n) is 3.09. The Morgan fingerprint density at radius 1 is 1.25 bits per heavy atom. The molecular weight excluding hydrogens is 250 g/mol.